The van der Waals surface area contributed by atoms with Crippen molar-refractivity contribution in [3.8, 4) is 11.4 Å². The van der Waals surface area contributed by atoms with Crippen molar-refractivity contribution in [2.75, 3.05) is 7.11 Å². The first-order valence-corrected chi connectivity index (χ1v) is 10.2. The van der Waals surface area contributed by atoms with Crippen LogP contribution in [0.4, 0.5) is 0 Å². The van der Waals surface area contributed by atoms with Crippen molar-refractivity contribution in [2.45, 2.75) is 58.2 Å². The Kier molecular flexibility index (Phi) is 5.90. The molecule has 6 nitrogen and oxygen atoms in total. The summed E-state index contributed by atoms with van der Waals surface area (Å²) in [5.74, 6) is 3.08. The summed E-state index contributed by atoms with van der Waals surface area (Å²) >= 11 is 0. The molecule has 0 amide bonds. The molecule has 2 heterocycles. The van der Waals surface area contributed by atoms with Gasteiger partial charge in [-0.15, -0.1) is 10.2 Å². The zero-order valence-corrected chi connectivity index (χ0v) is 17.3. The highest BCUT2D eigenvalue weighted by Gasteiger charge is 2.28. The molecule has 0 spiro atoms. The molecule has 152 valence electrons. The number of hydrogen-bond acceptors (Lipinski definition) is 5. The van der Waals surface area contributed by atoms with Crippen LogP contribution in [0, 0.1) is 13.8 Å². The molecule has 0 N–H and O–H groups in total. The molecular formula is C23H28N4O2. The Morgan fingerprint density at radius 2 is 1.72 bits per heavy atom. The van der Waals surface area contributed by atoms with E-state index in [2.05, 4.69) is 50.9 Å². The van der Waals surface area contributed by atoms with Crippen LogP contribution in [-0.2, 0) is 11.3 Å². The van der Waals surface area contributed by atoms with Gasteiger partial charge in [0.25, 0.3) is 0 Å². The molecular weight excluding hydrogens is 364 g/mol. The van der Waals surface area contributed by atoms with Gasteiger partial charge in [-0.3, -0.25) is 9.55 Å². The summed E-state index contributed by atoms with van der Waals surface area (Å²) < 4.78 is 13.7. The molecule has 1 aliphatic carbocycles. The molecule has 3 aromatic rings. The maximum atomic E-state index is 6.14. The van der Waals surface area contributed by atoms with E-state index in [1.165, 1.54) is 5.56 Å². The topological polar surface area (TPSA) is 62.1 Å². The summed E-state index contributed by atoms with van der Waals surface area (Å²) in [6.45, 7) is 4.52. The van der Waals surface area contributed by atoms with E-state index >= 15 is 0 Å². The molecule has 1 saturated carbocycles. The zero-order chi connectivity index (χ0) is 20.2. The van der Waals surface area contributed by atoms with Crippen molar-refractivity contribution in [1.82, 2.24) is 19.7 Å². The monoisotopic (exact) mass is 392 g/mol. The maximum absolute atomic E-state index is 6.14. The smallest absolute Gasteiger partial charge is 0.163 e. The maximum Gasteiger partial charge on any atom is 0.163 e. The van der Waals surface area contributed by atoms with E-state index in [1.807, 2.05) is 25.3 Å². The van der Waals surface area contributed by atoms with Crippen molar-refractivity contribution in [2.24, 2.45) is 0 Å². The molecule has 1 fully saturated rings. The van der Waals surface area contributed by atoms with Crippen molar-refractivity contribution >= 4 is 0 Å². The second-order valence-electron chi connectivity index (χ2n) is 7.81. The minimum atomic E-state index is 0.227. The Morgan fingerprint density at radius 3 is 2.38 bits per heavy atom. The quantitative estimate of drug-likeness (QED) is 0.617. The molecule has 0 aliphatic heterocycles. The Bertz CT molecular complexity index is 927. The van der Waals surface area contributed by atoms with Crippen LogP contribution in [0.25, 0.3) is 5.69 Å². The summed E-state index contributed by atoms with van der Waals surface area (Å²) in [6, 6.07) is 12.5. The van der Waals surface area contributed by atoms with Gasteiger partial charge in [0.15, 0.2) is 5.82 Å². The lowest BCUT2D eigenvalue weighted by molar-refractivity contribution is 0.144. The van der Waals surface area contributed by atoms with Gasteiger partial charge in [0, 0.05) is 24.4 Å². The summed E-state index contributed by atoms with van der Waals surface area (Å²) in [4.78, 5) is 4.32. The highest BCUT2D eigenvalue weighted by atomic mass is 16.5. The van der Waals surface area contributed by atoms with Crippen molar-refractivity contribution in [3.63, 3.8) is 0 Å². The molecule has 4 rings (SSSR count). The number of nitrogens with zero attached hydrogens (tertiary/aromatic N) is 4. The average molecular weight is 393 g/mol. The minimum Gasteiger partial charge on any atom is -0.489 e. The second kappa shape index (κ2) is 8.74. The fraction of sp³-hybridized carbons (Fsp3) is 0.435. The summed E-state index contributed by atoms with van der Waals surface area (Å²) in [6.07, 6.45) is 6.09. The number of benzene rings is 1. The van der Waals surface area contributed by atoms with Crippen LogP contribution in [0.2, 0.25) is 0 Å². The second-order valence-corrected chi connectivity index (χ2v) is 7.81. The van der Waals surface area contributed by atoms with Gasteiger partial charge in [-0.25, -0.2) is 0 Å². The largest absolute Gasteiger partial charge is 0.489 e. The van der Waals surface area contributed by atoms with Crippen molar-refractivity contribution in [1.29, 1.82) is 0 Å². The molecule has 0 radical (unpaired) electrons. The molecule has 0 saturated heterocycles. The third-order valence-electron chi connectivity index (χ3n) is 5.55. The van der Waals surface area contributed by atoms with Crippen LogP contribution in [0.5, 0.6) is 5.75 Å². The van der Waals surface area contributed by atoms with Crippen LogP contribution in [0.1, 0.15) is 54.5 Å². The van der Waals surface area contributed by atoms with E-state index in [1.54, 1.807) is 7.11 Å². The first-order chi connectivity index (χ1) is 14.1. The van der Waals surface area contributed by atoms with Gasteiger partial charge in [-0.2, -0.15) is 0 Å². The predicted octanol–water partition coefficient (Wildman–Crippen LogP) is 4.53. The third-order valence-corrected chi connectivity index (χ3v) is 5.55. The summed E-state index contributed by atoms with van der Waals surface area (Å²) in [5.41, 5.74) is 3.33. The van der Waals surface area contributed by atoms with Crippen molar-refractivity contribution in [3.05, 3.63) is 65.5 Å². The molecule has 0 unspecified atom stereocenters. The van der Waals surface area contributed by atoms with E-state index in [-0.39, 0.29) is 6.10 Å². The molecule has 1 aliphatic rings. The molecule has 29 heavy (non-hydrogen) atoms. The average Bonchev–Trinajstić information content (AvgIpc) is 3.15. The Morgan fingerprint density at radius 1 is 0.966 bits per heavy atom. The number of ether oxygens (including phenoxy) is 2. The molecule has 0 atom stereocenters. The van der Waals surface area contributed by atoms with Gasteiger partial charge in [0.05, 0.1) is 12.3 Å². The van der Waals surface area contributed by atoms with E-state index in [0.717, 1.165) is 54.5 Å². The molecule has 0 bridgehead atoms. The zero-order valence-electron chi connectivity index (χ0n) is 17.3. The molecule has 6 heteroatoms. The Balaban J connectivity index is 1.49. The van der Waals surface area contributed by atoms with Gasteiger partial charge in [0.2, 0.25) is 0 Å². The van der Waals surface area contributed by atoms with Gasteiger partial charge < -0.3 is 9.47 Å². The number of hydrogen-bond donors (Lipinski definition) is 0. The Hall–Kier alpha value is -2.73. The lowest BCUT2D eigenvalue weighted by Gasteiger charge is -2.28. The van der Waals surface area contributed by atoms with Gasteiger partial charge in [0.1, 0.15) is 18.2 Å². The highest BCUT2D eigenvalue weighted by molar-refractivity contribution is 5.37. The van der Waals surface area contributed by atoms with E-state index in [4.69, 9.17) is 9.47 Å². The number of aryl methyl sites for hydroxylation is 2. The van der Waals surface area contributed by atoms with Crippen LogP contribution >= 0.6 is 0 Å². The van der Waals surface area contributed by atoms with E-state index < -0.39 is 0 Å². The van der Waals surface area contributed by atoms with Crippen LogP contribution in [0.3, 0.4) is 0 Å². The summed E-state index contributed by atoms with van der Waals surface area (Å²) in [7, 11) is 1.69. The van der Waals surface area contributed by atoms with Gasteiger partial charge in [-0.1, -0.05) is 17.7 Å². The lowest BCUT2D eigenvalue weighted by atomic mass is 9.86. The number of aromatic nitrogens is 4. The molecule has 1 aromatic carbocycles. The minimum absolute atomic E-state index is 0.227. The first-order valence-electron chi connectivity index (χ1n) is 10.2. The van der Waals surface area contributed by atoms with Gasteiger partial charge in [-0.05, 0) is 63.8 Å². The van der Waals surface area contributed by atoms with Crippen molar-refractivity contribution < 1.29 is 9.47 Å². The number of pyridine rings is 1. The van der Waals surface area contributed by atoms with Crippen LogP contribution < -0.4 is 4.74 Å². The summed E-state index contributed by atoms with van der Waals surface area (Å²) in [5, 5.41) is 8.98. The standard InChI is InChI=1S/C23H28N4O2/c1-16-4-9-19(10-5-16)27-22(15-28-3)25-26-23(27)18-7-12-20(13-8-18)29-21-11-6-17(2)24-14-21/h4-6,9-11,14,18,20H,7-8,12-13,15H2,1-3H3. The van der Waals surface area contributed by atoms with E-state index in [0.29, 0.717) is 12.5 Å². The third kappa shape index (κ3) is 4.48. The SMILES string of the molecule is COCc1nnc(C2CCC(Oc3ccc(C)nc3)CC2)n1-c1ccc(C)cc1. The van der Waals surface area contributed by atoms with Crippen LogP contribution in [-0.4, -0.2) is 33.0 Å². The fourth-order valence-electron chi connectivity index (χ4n) is 3.95. The number of methoxy groups -OCH3 is 1. The fourth-order valence-corrected chi connectivity index (χ4v) is 3.95. The first kappa shape index (κ1) is 19.6. The lowest BCUT2D eigenvalue weighted by Crippen LogP contribution is -2.25. The number of rotatable bonds is 6. The van der Waals surface area contributed by atoms with Gasteiger partial charge >= 0.3 is 0 Å². The van der Waals surface area contributed by atoms with E-state index in [9.17, 15) is 0 Å². The predicted molar refractivity (Wildman–Crippen MR) is 111 cm³/mol. The normalized spacial score (nSPS) is 19.3. The molecule has 2 aromatic heterocycles. The highest BCUT2D eigenvalue weighted by Crippen LogP contribution is 2.35. The Labute approximate surface area is 171 Å². The van der Waals surface area contributed by atoms with Crippen LogP contribution in [0.15, 0.2) is 42.6 Å².